The van der Waals surface area contributed by atoms with E-state index >= 15 is 0 Å². The fourth-order valence-corrected chi connectivity index (χ4v) is 2.89. The zero-order chi connectivity index (χ0) is 16.7. The lowest BCUT2D eigenvalue weighted by Gasteiger charge is -2.14. The molecule has 2 aromatic rings. The highest BCUT2D eigenvalue weighted by Crippen LogP contribution is 2.34. The van der Waals surface area contributed by atoms with Crippen molar-refractivity contribution in [2.75, 3.05) is 26.1 Å². The third-order valence-corrected chi connectivity index (χ3v) is 4.02. The van der Waals surface area contributed by atoms with Crippen molar-refractivity contribution in [3.8, 4) is 17.2 Å². The molecule has 0 aliphatic heterocycles. The molecule has 0 unspecified atom stereocenters. The van der Waals surface area contributed by atoms with Crippen molar-refractivity contribution in [3.63, 3.8) is 0 Å². The van der Waals surface area contributed by atoms with E-state index in [9.17, 15) is 0 Å². The van der Waals surface area contributed by atoms with Crippen LogP contribution < -0.4 is 19.5 Å². The second-order valence-electron chi connectivity index (χ2n) is 4.79. The van der Waals surface area contributed by atoms with Gasteiger partial charge in [-0.3, -0.25) is 0 Å². The van der Waals surface area contributed by atoms with Crippen molar-refractivity contribution in [2.45, 2.75) is 6.54 Å². The lowest BCUT2D eigenvalue weighted by Crippen LogP contribution is -2.03. The van der Waals surface area contributed by atoms with Gasteiger partial charge < -0.3 is 19.5 Å². The van der Waals surface area contributed by atoms with Gasteiger partial charge in [0.25, 0.3) is 0 Å². The molecule has 0 atom stereocenters. The summed E-state index contributed by atoms with van der Waals surface area (Å²) in [7, 11) is 3.31. The van der Waals surface area contributed by atoms with Crippen LogP contribution in [0.3, 0.4) is 0 Å². The Morgan fingerprint density at radius 2 is 1.87 bits per heavy atom. The van der Waals surface area contributed by atoms with E-state index < -0.39 is 0 Å². The van der Waals surface area contributed by atoms with E-state index in [1.165, 1.54) is 0 Å². The maximum absolute atomic E-state index is 5.67. The van der Waals surface area contributed by atoms with Gasteiger partial charge in [-0.2, -0.15) is 0 Å². The summed E-state index contributed by atoms with van der Waals surface area (Å²) in [6.07, 6.45) is 1.72. The Kier molecular flexibility index (Phi) is 6.58. The summed E-state index contributed by atoms with van der Waals surface area (Å²) < 4.78 is 17.3. The summed E-state index contributed by atoms with van der Waals surface area (Å²) in [6, 6.07) is 11.9. The van der Waals surface area contributed by atoms with Gasteiger partial charge in [0.15, 0.2) is 11.5 Å². The standard InChI is InChI=1S/C18H20INO3/c1-4-9-23-18-16(19)10-13(11-17(18)22-3)12-20-14-5-7-15(21-2)8-6-14/h4-8,10-11,20H,1,9,12H2,2-3H3. The average Bonchev–Trinajstić information content (AvgIpc) is 2.59. The molecule has 0 fully saturated rings. The molecule has 2 aromatic carbocycles. The van der Waals surface area contributed by atoms with Crippen LogP contribution in [-0.2, 0) is 6.54 Å². The largest absolute Gasteiger partial charge is 0.497 e. The molecule has 1 N–H and O–H groups in total. The van der Waals surface area contributed by atoms with Crippen LogP contribution in [-0.4, -0.2) is 20.8 Å². The van der Waals surface area contributed by atoms with Crippen molar-refractivity contribution in [3.05, 3.63) is 58.2 Å². The van der Waals surface area contributed by atoms with Crippen LogP contribution in [0, 0.1) is 3.57 Å². The molecule has 0 aliphatic rings. The summed E-state index contributed by atoms with van der Waals surface area (Å²) in [5.74, 6) is 2.32. The molecule has 4 nitrogen and oxygen atoms in total. The lowest BCUT2D eigenvalue weighted by atomic mass is 10.2. The highest BCUT2D eigenvalue weighted by Gasteiger charge is 2.11. The molecule has 0 heterocycles. The zero-order valence-corrected chi connectivity index (χ0v) is 15.4. The number of anilines is 1. The molecule has 0 aliphatic carbocycles. The zero-order valence-electron chi connectivity index (χ0n) is 13.3. The summed E-state index contributed by atoms with van der Waals surface area (Å²) in [5, 5.41) is 3.38. The number of ether oxygens (including phenoxy) is 3. The summed E-state index contributed by atoms with van der Waals surface area (Å²) in [5.41, 5.74) is 2.15. The number of halogens is 1. The molecule has 0 saturated carbocycles. The van der Waals surface area contributed by atoms with E-state index in [1.807, 2.05) is 30.3 Å². The molecule has 5 heteroatoms. The molecule has 0 radical (unpaired) electrons. The molecular weight excluding hydrogens is 405 g/mol. The third kappa shape index (κ3) is 4.79. The lowest BCUT2D eigenvalue weighted by molar-refractivity contribution is 0.324. The van der Waals surface area contributed by atoms with Crippen LogP contribution in [0.25, 0.3) is 0 Å². The first kappa shape index (κ1) is 17.5. The van der Waals surface area contributed by atoms with Crippen LogP contribution in [0.4, 0.5) is 5.69 Å². The van der Waals surface area contributed by atoms with E-state index in [-0.39, 0.29) is 0 Å². The number of hydrogen-bond acceptors (Lipinski definition) is 4. The van der Waals surface area contributed by atoms with E-state index in [2.05, 4.69) is 40.6 Å². The van der Waals surface area contributed by atoms with Crippen LogP contribution in [0.15, 0.2) is 49.1 Å². The monoisotopic (exact) mass is 425 g/mol. The van der Waals surface area contributed by atoms with Gasteiger partial charge >= 0.3 is 0 Å². The molecule has 2 rings (SSSR count). The van der Waals surface area contributed by atoms with Gasteiger partial charge in [0, 0.05) is 12.2 Å². The van der Waals surface area contributed by atoms with Gasteiger partial charge in [0.05, 0.1) is 17.8 Å². The number of methoxy groups -OCH3 is 2. The average molecular weight is 425 g/mol. The summed E-state index contributed by atoms with van der Waals surface area (Å²) in [4.78, 5) is 0. The Hall–Kier alpha value is -1.89. The Balaban J connectivity index is 2.10. The highest BCUT2D eigenvalue weighted by atomic mass is 127. The minimum Gasteiger partial charge on any atom is -0.497 e. The van der Waals surface area contributed by atoms with E-state index in [0.717, 1.165) is 32.1 Å². The van der Waals surface area contributed by atoms with Crippen LogP contribution in [0.1, 0.15) is 5.56 Å². The smallest absolute Gasteiger partial charge is 0.174 e. The molecule has 0 spiro atoms. The second kappa shape index (κ2) is 8.67. The fraction of sp³-hybridized carbons (Fsp3) is 0.222. The van der Waals surface area contributed by atoms with E-state index in [1.54, 1.807) is 20.3 Å². The quantitative estimate of drug-likeness (QED) is 0.500. The first-order chi connectivity index (χ1) is 11.2. The predicted octanol–water partition coefficient (Wildman–Crippen LogP) is 4.49. The molecule has 0 bridgehead atoms. The van der Waals surface area contributed by atoms with Crippen molar-refractivity contribution in [1.82, 2.24) is 0 Å². The maximum atomic E-state index is 5.67. The minimum atomic E-state index is 0.454. The third-order valence-electron chi connectivity index (χ3n) is 3.22. The molecular formula is C18H20INO3. The van der Waals surface area contributed by atoms with Crippen molar-refractivity contribution in [2.24, 2.45) is 0 Å². The SMILES string of the molecule is C=CCOc1c(I)cc(CNc2ccc(OC)cc2)cc1OC. The molecule has 0 amide bonds. The molecule has 122 valence electrons. The van der Waals surface area contributed by atoms with Crippen LogP contribution >= 0.6 is 22.6 Å². The predicted molar refractivity (Wildman–Crippen MR) is 102 cm³/mol. The van der Waals surface area contributed by atoms with Gasteiger partial charge in [-0.15, -0.1) is 0 Å². The molecule has 0 aromatic heterocycles. The van der Waals surface area contributed by atoms with Gasteiger partial charge in [-0.05, 0) is 64.6 Å². The Morgan fingerprint density at radius 3 is 2.48 bits per heavy atom. The first-order valence-corrected chi connectivity index (χ1v) is 8.23. The van der Waals surface area contributed by atoms with Crippen LogP contribution in [0.2, 0.25) is 0 Å². The van der Waals surface area contributed by atoms with Gasteiger partial charge in [-0.1, -0.05) is 12.7 Å². The van der Waals surface area contributed by atoms with E-state index in [4.69, 9.17) is 14.2 Å². The van der Waals surface area contributed by atoms with Crippen molar-refractivity contribution < 1.29 is 14.2 Å². The number of benzene rings is 2. The first-order valence-electron chi connectivity index (χ1n) is 7.16. The maximum Gasteiger partial charge on any atom is 0.174 e. The topological polar surface area (TPSA) is 39.7 Å². The Labute approximate surface area is 150 Å². The summed E-state index contributed by atoms with van der Waals surface area (Å²) in [6.45, 7) is 4.82. The van der Waals surface area contributed by atoms with Crippen molar-refractivity contribution in [1.29, 1.82) is 0 Å². The normalized spacial score (nSPS) is 10.0. The molecule has 0 saturated heterocycles. The second-order valence-corrected chi connectivity index (χ2v) is 5.95. The number of hydrogen-bond donors (Lipinski definition) is 1. The van der Waals surface area contributed by atoms with Crippen LogP contribution in [0.5, 0.6) is 17.2 Å². The number of nitrogens with one attached hydrogen (secondary N) is 1. The fourth-order valence-electron chi connectivity index (χ4n) is 2.07. The van der Waals surface area contributed by atoms with Crippen molar-refractivity contribution >= 4 is 28.3 Å². The summed E-state index contributed by atoms with van der Waals surface area (Å²) >= 11 is 2.25. The number of rotatable bonds is 8. The minimum absolute atomic E-state index is 0.454. The molecule has 23 heavy (non-hydrogen) atoms. The van der Waals surface area contributed by atoms with Gasteiger partial charge in [0.2, 0.25) is 0 Å². The van der Waals surface area contributed by atoms with Gasteiger partial charge in [0.1, 0.15) is 12.4 Å². The Bertz CT molecular complexity index is 656. The van der Waals surface area contributed by atoms with Gasteiger partial charge in [-0.25, -0.2) is 0 Å². The van der Waals surface area contributed by atoms with E-state index in [0.29, 0.717) is 13.2 Å². The highest BCUT2D eigenvalue weighted by molar-refractivity contribution is 14.1. The Morgan fingerprint density at radius 1 is 1.13 bits per heavy atom.